The zero-order valence-corrected chi connectivity index (χ0v) is 25.9. The van der Waals surface area contributed by atoms with Crippen LogP contribution in [0.15, 0.2) is 48.5 Å². The Morgan fingerprint density at radius 2 is 1.77 bits per heavy atom. The molecule has 3 aromatic rings. The molecule has 0 bridgehead atoms. The molecule has 2 aromatic heterocycles. The predicted octanol–water partition coefficient (Wildman–Crippen LogP) is 6.26. The molecule has 0 radical (unpaired) electrons. The number of aromatic nitrogens is 3. The highest BCUT2D eigenvalue weighted by Gasteiger charge is 2.36. The summed E-state index contributed by atoms with van der Waals surface area (Å²) in [6.45, 7) is 15.2. The molecule has 0 saturated carbocycles. The van der Waals surface area contributed by atoms with Crippen molar-refractivity contribution in [3.63, 3.8) is 0 Å². The number of anilines is 3. The molecule has 0 spiro atoms. The summed E-state index contributed by atoms with van der Waals surface area (Å²) in [6.07, 6.45) is 1.86. The fraction of sp³-hybridized carbons (Fsp3) is 0.467. The quantitative estimate of drug-likeness (QED) is 0.182. The van der Waals surface area contributed by atoms with Crippen molar-refractivity contribution in [3.8, 4) is 5.75 Å². The second-order valence-electron chi connectivity index (χ2n) is 12.1. The molecule has 1 aromatic carbocycles. The van der Waals surface area contributed by atoms with Crippen LogP contribution in [0.4, 0.5) is 26.9 Å². The Hall–Kier alpha value is -4.52. The monoisotopic (exact) mass is 596 g/mol. The van der Waals surface area contributed by atoms with E-state index in [1.54, 1.807) is 82.6 Å². The fourth-order valence-corrected chi connectivity index (χ4v) is 4.63. The molecule has 1 unspecified atom stereocenters. The Balaban J connectivity index is 1.76. The van der Waals surface area contributed by atoms with E-state index in [4.69, 9.17) is 24.5 Å². The minimum atomic E-state index is -0.766. The maximum absolute atomic E-state index is 13.8. The van der Waals surface area contributed by atoms with E-state index in [1.165, 1.54) is 9.80 Å². The summed E-state index contributed by atoms with van der Waals surface area (Å²) in [4.78, 5) is 38.6. The second kappa shape index (κ2) is 12.4. The first kappa shape index (κ1) is 31.4. The average Bonchev–Trinajstić information content (AvgIpc) is 3.52. The van der Waals surface area contributed by atoms with E-state index in [0.29, 0.717) is 53.0 Å². The number of hydrogen-bond donors (Lipinski definition) is 2. The molecule has 2 amide bonds. The molecule has 0 aliphatic carbocycles. The maximum Gasteiger partial charge on any atom is 0.420 e. The largest absolute Gasteiger partial charge is 0.494 e. The van der Waals surface area contributed by atoms with Crippen LogP contribution in [0.25, 0.3) is 5.65 Å². The van der Waals surface area contributed by atoms with E-state index in [1.807, 2.05) is 13.8 Å². The molecule has 1 saturated heterocycles. The SMILES string of the molecule is CCOc1ccc(N(C(=O)OC(C)(C)C)c2c(C)c(NC3C/C(=C\OO)N(C(=O)OC(C)(C)C)C3)nc3ccnn23)cc1. The maximum atomic E-state index is 13.8. The van der Waals surface area contributed by atoms with Crippen LogP contribution < -0.4 is 15.0 Å². The summed E-state index contributed by atoms with van der Waals surface area (Å²) in [7, 11) is 0. The van der Waals surface area contributed by atoms with Crippen LogP contribution in [0.1, 0.15) is 60.5 Å². The summed E-state index contributed by atoms with van der Waals surface area (Å²) in [5.41, 5.74) is 0.590. The third kappa shape index (κ3) is 7.47. The first-order valence-corrected chi connectivity index (χ1v) is 14.1. The first-order valence-electron chi connectivity index (χ1n) is 14.1. The van der Waals surface area contributed by atoms with Crippen molar-refractivity contribution in [2.75, 3.05) is 23.4 Å². The van der Waals surface area contributed by atoms with Crippen molar-refractivity contribution in [1.82, 2.24) is 19.5 Å². The van der Waals surface area contributed by atoms with Crippen molar-refractivity contribution in [3.05, 3.63) is 54.1 Å². The number of carbonyl (C=O) groups is 2. The van der Waals surface area contributed by atoms with E-state index < -0.39 is 23.4 Å². The number of likely N-dealkylation sites (tertiary alicyclic amines) is 1. The zero-order valence-electron chi connectivity index (χ0n) is 25.9. The van der Waals surface area contributed by atoms with Crippen LogP contribution in [-0.4, -0.2) is 67.3 Å². The van der Waals surface area contributed by atoms with E-state index in [0.717, 1.165) is 6.26 Å². The number of nitrogens with one attached hydrogen (secondary N) is 1. The van der Waals surface area contributed by atoms with Crippen molar-refractivity contribution >= 4 is 35.2 Å². The van der Waals surface area contributed by atoms with Gasteiger partial charge in [-0.05, 0) is 79.7 Å². The molecule has 2 N–H and O–H groups in total. The third-order valence-electron chi connectivity index (χ3n) is 6.28. The predicted molar refractivity (Wildman–Crippen MR) is 160 cm³/mol. The molecule has 3 heterocycles. The molecular weight excluding hydrogens is 556 g/mol. The van der Waals surface area contributed by atoms with Gasteiger partial charge in [-0.2, -0.15) is 9.61 Å². The van der Waals surface area contributed by atoms with Gasteiger partial charge >= 0.3 is 12.2 Å². The van der Waals surface area contributed by atoms with Crippen LogP contribution in [0, 0.1) is 6.92 Å². The topological polar surface area (TPSA) is 140 Å². The zero-order chi connectivity index (χ0) is 31.5. The van der Waals surface area contributed by atoms with Gasteiger partial charge in [0.2, 0.25) is 0 Å². The van der Waals surface area contributed by atoms with Gasteiger partial charge in [0.15, 0.2) is 11.5 Å². The van der Waals surface area contributed by atoms with E-state index in [9.17, 15) is 9.59 Å². The molecule has 1 aliphatic heterocycles. The van der Waals surface area contributed by atoms with Gasteiger partial charge in [-0.3, -0.25) is 4.90 Å². The van der Waals surface area contributed by atoms with Gasteiger partial charge in [-0.25, -0.2) is 24.7 Å². The highest BCUT2D eigenvalue weighted by molar-refractivity contribution is 5.97. The Labute approximate surface area is 250 Å². The number of ether oxygens (including phenoxy) is 3. The Morgan fingerprint density at radius 3 is 2.37 bits per heavy atom. The minimum Gasteiger partial charge on any atom is -0.494 e. The number of carbonyl (C=O) groups excluding carboxylic acids is 2. The van der Waals surface area contributed by atoms with Crippen molar-refractivity contribution in [2.45, 2.75) is 79.1 Å². The van der Waals surface area contributed by atoms with Gasteiger partial charge < -0.3 is 24.4 Å². The van der Waals surface area contributed by atoms with Gasteiger partial charge in [0.1, 0.15) is 29.0 Å². The average molecular weight is 597 g/mol. The highest BCUT2D eigenvalue weighted by Crippen LogP contribution is 2.36. The normalized spacial score (nSPS) is 16.3. The van der Waals surface area contributed by atoms with Crippen molar-refractivity contribution in [1.29, 1.82) is 0 Å². The van der Waals surface area contributed by atoms with Crippen LogP contribution in [-0.2, 0) is 14.4 Å². The first-order chi connectivity index (χ1) is 20.2. The van der Waals surface area contributed by atoms with Crippen LogP contribution in [0.5, 0.6) is 5.75 Å². The second-order valence-corrected chi connectivity index (χ2v) is 12.1. The number of rotatable bonds is 7. The molecule has 1 atom stereocenters. The smallest absolute Gasteiger partial charge is 0.420 e. The van der Waals surface area contributed by atoms with Crippen LogP contribution in [0.2, 0.25) is 0 Å². The van der Waals surface area contributed by atoms with Gasteiger partial charge in [0.05, 0.1) is 30.2 Å². The standard InChI is InChI=1S/C30H40N6O7/c1-9-40-23-12-10-21(11-13-23)35(28(38)43-30(6,7)8)26-19(2)25(33-24-14-15-31-36(24)26)32-20-16-22(18-41-39)34(17-20)27(37)42-29(3,4)5/h10-15,18,20,39H,9,16-17H2,1-8H3,(H,32,33)/b22-18+. The van der Waals surface area contributed by atoms with E-state index in [-0.39, 0.29) is 12.6 Å². The molecule has 43 heavy (non-hydrogen) atoms. The number of benzene rings is 1. The molecule has 13 heteroatoms. The number of nitrogens with zero attached hydrogens (tertiary/aromatic N) is 5. The third-order valence-corrected chi connectivity index (χ3v) is 6.28. The van der Waals surface area contributed by atoms with Gasteiger partial charge in [-0.15, -0.1) is 0 Å². The number of fused-ring (bicyclic) bond motifs is 1. The van der Waals surface area contributed by atoms with Crippen LogP contribution in [0.3, 0.4) is 0 Å². The Morgan fingerprint density at radius 1 is 1.09 bits per heavy atom. The number of hydrogen-bond acceptors (Lipinski definition) is 10. The van der Waals surface area contributed by atoms with Crippen LogP contribution >= 0.6 is 0 Å². The van der Waals surface area contributed by atoms with Crippen molar-refractivity contribution < 1.29 is 33.9 Å². The molecule has 232 valence electrons. The molecule has 1 aliphatic rings. The molecule has 4 rings (SSSR count). The van der Waals surface area contributed by atoms with Crippen molar-refractivity contribution in [2.24, 2.45) is 0 Å². The van der Waals surface area contributed by atoms with E-state index in [2.05, 4.69) is 15.3 Å². The lowest BCUT2D eigenvalue weighted by atomic mass is 10.2. The lowest BCUT2D eigenvalue weighted by molar-refractivity contribution is -0.188. The lowest BCUT2D eigenvalue weighted by Crippen LogP contribution is -2.36. The van der Waals surface area contributed by atoms with Gasteiger partial charge in [0, 0.05) is 24.6 Å². The summed E-state index contributed by atoms with van der Waals surface area (Å²) >= 11 is 0. The summed E-state index contributed by atoms with van der Waals surface area (Å²) < 4.78 is 18.6. The highest BCUT2D eigenvalue weighted by atomic mass is 17.1. The molecular formula is C30H40N6O7. The molecule has 13 nitrogen and oxygen atoms in total. The summed E-state index contributed by atoms with van der Waals surface area (Å²) in [5.74, 6) is 1.56. The van der Waals surface area contributed by atoms with Gasteiger partial charge in [0.25, 0.3) is 0 Å². The fourth-order valence-electron chi connectivity index (χ4n) is 4.63. The number of amides is 2. The Bertz CT molecular complexity index is 1490. The minimum absolute atomic E-state index is 0.222. The van der Waals surface area contributed by atoms with E-state index >= 15 is 0 Å². The lowest BCUT2D eigenvalue weighted by Gasteiger charge is -2.29. The summed E-state index contributed by atoms with van der Waals surface area (Å²) in [6, 6.07) is 8.53. The van der Waals surface area contributed by atoms with Gasteiger partial charge in [-0.1, -0.05) is 0 Å². The Kier molecular flexibility index (Phi) is 9.04. The molecule has 1 fully saturated rings. The summed E-state index contributed by atoms with van der Waals surface area (Å²) in [5, 5.41) is 17.0.